The molecular weight excluding hydrogens is 1010 g/mol. The number of rotatable bonds is 70. The summed E-state index contributed by atoms with van der Waals surface area (Å²) in [5.74, 6) is -0.0145. The number of allylic oxidation sites excluding steroid dienone is 6. The Bertz CT molecular complexity index is 1330. The zero-order valence-corrected chi connectivity index (χ0v) is 55.5. The van der Waals surface area contributed by atoms with E-state index in [1.165, 1.54) is 327 Å². The third-order valence-corrected chi connectivity index (χ3v) is 17.4. The molecule has 0 aromatic heterocycles. The molecule has 0 aromatic rings. The molecule has 0 radical (unpaired) electrons. The maximum absolute atomic E-state index is 12.5. The Hall–Kier alpha value is -1.92. The number of hydrogen-bond donors (Lipinski definition) is 3. The van der Waals surface area contributed by atoms with Crippen LogP contribution in [0.5, 0.6) is 0 Å². The average Bonchev–Trinajstić information content (AvgIpc) is 3.48. The van der Waals surface area contributed by atoms with Gasteiger partial charge in [-0.15, -0.1) is 0 Å². The topological polar surface area (TPSA) is 95.9 Å². The second-order valence-corrected chi connectivity index (χ2v) is 25.6. The largest absolute Gasteiger partial charge is 0.466 e. The molecule has 0 bridgehead atoms. The highest BCUT2D eigenvalue weighted by molar-refractivity contribution is 5.76. The summed E-state index contributed by atoms with van der Waals surface area (Å²) < 4.78 is 5.51. The summed E-state index contributed by atoms with van der Waals surface area (Å²) in [7, 11) is 0. The van der Waals surface area contributed by atoms with E-state index >= 15 is 0 Å². The molecule has 3 N–H and O–H groups in total. The molecule has 0 heterocycles. The van der Waals surface area contributed by atoms with Crippen LogP contribution in [0.4, 0.5) is 0 Å². The maximum Gasteiger partial charge on any atom is 0.305 e. The van der Waals surface area contributed by atoms with Crippen molar-refractivity contribution >= 4 is 11.9 Å². The molecule has 82 heavy (non-hydrogen) atoms. The monoisotopic (exact) mass is 1150 g/mol. The maximum atomic E-state index is 12.5. The molecule has 0 saturated heterocycles. The Kier molecular flexibility index (Phi) is 69.9. The van der Waals surface area contributed by atoms with Crippen molar-refractivity contribution < 1.29 is 24.5 Å². The number of amides is 1. The van der Waals surface area contributed by atoms with E-state index in [4.69, 9.17) is 4.74 Å². The van der Waals surface area contributed by atoms with Crippen LogP contribution in [0, 0.1) is 0 Å². The molecule has 0 fully saturated rings. The van der Waals surface area contributed by atoms with Crippen molar-refractivity contribution in [2.75, 3.05) is 13.2 Å². The first-order valence-corrected chi connectivity index (χ1v) is 37.2. The lowest BCUT2D eigenvalue weighted by Gasteiger charge is -2.22. The summed E-state index contributed by atoms with van der Waals surface area (Å²) in [5, 5.41) is 23.3. The molecule has 0 aliphatic heterocycles. The first-order chi connectivity index (χ1) is 40.5. The van der Waals surface area contributed by atoms with Crippen molar-refractivity contribution in [1.82, 2.24) is 5.32 Å². The van der Waals surface area contributed by atoms with E-state index in [1.807, 2.05) is 0 Å². The highest BCUT2D eigenvalue weighted by atomic mass is 16.5. The first kappa shape index (κ1) is 80.1. The molecular formula is C76H145NO5. The van der Waals surface area contributed by atoms with Crippen LogP contribution in [-0.4, -0.2) is 47.4 Å². The van der Waals surface area contributed by atoms with Gasteiger partial charge in [-0.05, 0) is 83.5 Å². The van der Waals surface area contributed by atoms with Crippen molar-refractivity contribution in [3.8, 4) is 0 Å². The Morgan fingerprint density at radius 2 is 0.610 bits per heavy atom. The lowest BCUT2D eigenvalue weighted by atomic mass is 10.0. The molecule has 0 aliphatic rings. The molecule has 0 aromatic carbocycles. The summed E-state index contributed by atoms with van der Waals surface area (Å²) in [4.78, 5) is 24.6. The van der Waals surface area contributed by atoms with Crippen LogP contribution < -0.4 is 5.32 Å². The number of carbonyl (C=O) groups is 2. The van der Waals surface area contributed by atoms with Crippen molar-refractivity contribution in [2.24, 2.45) is 0 Å². The molecule has 1 amide bonds. The number of esters is 1. The van der Waals surface area contributed by atoms with Gasteiger partial charge >= 0.3 is 5.97 Å². The predicted molar refractivity (Wildman–Crippen MR) is 361 cm³/mol. The second-order valence-electron chi connectivity index (χ2n) is 25.6. The van der Waals surface area contributed by atoms with Crippen LogP contribution in [0.25, 0.3) is 0 Å². The Morgan fingerprint density at radius 3 is 0.963 bits per heavy atom. The average molecular weight is 1150 g/mol. The number of hydrogen-bond acceptors (Lipinski definition) is 5. The summed E-state index contributed by atoms with van der Waals surface area (Å²) in [6.45, 7) is 4.96. The van der Waals surface area contributed by atoms with Gasteiger partial charge in [0.25, 0.3) is 0 Å². The fourth-order valence-electron chi connectivity index (χ4n) is 11.7. The molecule has 6 heteroatoms. The lowest BCUT2D eigenvalue weighted by Crippen LogP contribution is -2.45. The molecule has 484 valence electrons. The van der Waals surface area contributed by atoms with Gasteiger partial charge in [0.2, 0.25) is 5.91 Å². The van der Waals surface area contributed by atoms with Crippen molar-refractivity contribution in [3.63, 3.8) is 0 Å². The van der Waals surface area contributed by atoms with Gasteiger partial charge < -0.3 is 20.3 Å². The van der Waals surface area contributed by atoms with Gasteiger partial charge in [0.05, 0.1) is 25.4 Å². The fraction of sp³-hybridized carbons (Fsp3) is 0.895. The summed E-state index contributed by atoms with van der Waals surface area (Å²) in [5.41, 5.74) is 0. The third kappa shape index (κ3) is 67.2. The van der Waals surface area contributed by atoms with Gasteiger partial charge in [0, 0.05) is 12.8 Å². The molecule has 0 saturated carbocycles. The minimum absolute atomic E-state index is 0.0154. The summed E-state index contributed by atoms with van der Waals surface area (Å²) in [6.07, 6.45) is 92.2. The summed E-state index contributed by atoms with van der Waals surface area (Å²) in [6, 6.07) is -0.538. The Labute approximate surface area is 513 Å². The number of ether oxygens (including phenoxy) is 1. The molecule has 2 atom stereocenters. The number of carbonyl (C=O) groups excluding carboxylic acids is 2. The van der Waals surface area contributed by atoms with Crippen LogP contribution in [0.15, 0.2) is 36.5 Å². The molecule has 0 spiro atoms. The number of aliphatic hydroxyl groups excluding tert-OH is 2. The third-order valence-electron chi connectivity index (χ3n) is 17.4. The van der Waals surface area contributed by atoms with Crippen molar-refractivity contribution in [1.29, 1.82) is 0 Å². The zero-order chi connectivity index (χ0) is 59.2. The van der Waals surface area contributed by atoms with Gasteiger partial charge in [-0.2, -0.15) is 0 Å². The normalized spacial score (nSPS) is 12.7. The summed E-state index contributed by atoms with van der Waals surface area (Å²) >= 11 is 0. The van der Waals surface area contributed by atoms with Gasteiger partial charge in [0.1, 0.15) is 0 Å². The van der Waals surface area contributed by atoms with E-state index in [1.54, 1.807) is 0 Å². The Balaban J connectivity index is 3.33. The lowest BCUT2D eigenvalue weighted by molar-refractivity contribution is -0.143. The molecule has 2 unspecified atom stereocenters. The predicted octanol–water partition coefficient (Wildman–Crippen LogP) is 24.3. The minimum atomic E-state index is -0.661. The molecule has 6 nitrogen and oxygen atoms in total. The van der Waals surface area contributed by atoms with Crippen LogP contribution in [-0.2, 0) is 14.3 Å². The minimum Gasteiger partial charge on any atom is -0.466 e. The van der Waals surface area contributed by atoms with Crippen LogP contribution in [0.2, 0.25) is 0 Å². The standard InChI is InChI=1S/C76H145NO5/c1-3-5-7-9-11-13-15-17-18-19-35-39-42-46-50-54-58-62-66-70-76(81)82-71-67-63-59-55-51-47-43-40-37-34-32-30-28-26-24-22-20-21-23-25-27-29-31-33-36-38-41-45-49-53-57-61-65-69-75(80)77-73(72-78)74(79)68-64-60-56-52-48-44-16-14-12-10-8-6-4-2/h11,13,17-18,24,26,73-74,78-79H,3-10,12,14-16,19-23,25,27-72H2,1-2H3,(H,77,80)/b13-11-,18-17-,26-24-. The van der Waals surface area contributed by atoms with Gasteiger partial charge in [-0.25, -0.2) is 0 Å². The van der Waals surface area contributed by atoms with Gasteiger partial charge in [-0.1, -0.05) is 352 Å². The zero-order valence-electron chi connectivity index (χ0n) is 55.5. The van der Waals surface area contributed by atoms with E-state index in [0.717, 1.165) is 51.4 Å². The number of nitrogens with one attached hydrogen (secondary N) is 1. The number of unbranched alkanes of at least 4 members (excludes halogenated alkanes) is 53. The number of aliphatic hydroxyl groups is 2. The Morgan fingerprint density at radius 1 is 0.341 bits per heavy atom. The van der Waals surface area contributed by atoms with Crippen molar-refractivity contribution in [3.05, 3.63) is 36.5 Å². The van der Waals surface area contributed by atoms with E-state index in [2.05, 4.69) is 55.6 Å². The highest BCUT2D eigenvalue weighted by Gasteiger charge is 2.20. The van der Waals surface area contributed by atoms with Gasteiger partial charge in [-0.3, -0.25) is 9.59 Å². The smallest absolute Gasteiger partial charge is 0.305 e. The van der Waals surface area contributed by atoms with Crippen LogP contribution in [0.3, 0.4) is 0 Å². The fourth-order valence-corrected chi connectivity index (χ4v) is 11.7. The van der Waals surface area contributed by atoms with E-state index < -0.39 is 12.1 Å². The SMILES string of the molecule is CCCCC/C=C\C/C=C\CCCCCCCCCCCC(=O)OCCCCCCCCCCCCCC/C=C\CCCCCCCCCCCCCCCCCCCC(=O)NC(CO)C(O)CCCCCCCCCCCCCCC. The molecule has 0 aliphatic carbocycles. The van der Waals surface area contributed by atoms with Crippen LogP contribution >= 0.6 is 0 Å². The molecule has 0 rings (SSSR count). The van der Waals surface area contributed by atoms with E-state index in [-0.39, 0.29) is 18.5 Å². The van der Waals surface area contributed by atoms with Crippen LogP contribution in [0.1, 0.15) is 412 Å². The second kappa shape index (κ2) is 71.6. The highest BCUT2D eigenvalue weighted by Crippen LogP contribution is 2.19. The first-order valence-electron chi connectivity index (χ1n) is 37.2. The van der Waals surface area contributed by atoms with E-state index in [9.17, 15) is 19.8 Å². The van der Waals surface area contributed by atoms with E-state index in [0.29, 0.717) is 25.9 Å². The van der Waals surface area contributed by atoms with Crippen molar-refractivity contribution in [2.45, 2.75) is 424 Å². The van der Waals surface area contributed by atoms with Gasteiger partial charge in [0.15, 0.2) is 0 Å². The quantitative estimate of drug-likeness (QED) is 0.0320.